The van der Waals surface area contributed by atoms with Crippen LogP contribution in [0.4, 0.5) is 0 Å². The Morgan fingerprint density at radius 3 is 2.26 bits per heavy atom. The van der Waals surface area contributed by atoms with Crippen molar-refractivity contribution in [2.45, 2.75) is 13.8 Å². The van der Waals surface area contributed by atoms with E-state index in [0.717, 1.165) is 20.9 Å². The van der Waals surface area contributed by atoms with E-state index in [2.05, 4.69) is 0 Å². The number of ketones is 1. The zero-order valence-electron chi connectivity index (χ0n) is 13.9. The van der Waals surface area contributed by atoms with E-state index < -0.39 is 0 Å². The number of aryl methyl sites for hydroxylation is 2. The summed E-state index contributed by atoms with van der Waals surface area (Å²) in [6.07, 6.45) is 3.29. The van der Waals surface area contributed by atoms with Gasteiger partial charge in [0.2, 0.25) is 5.75 Å². The van der Waals surface area contributed by atoms with Crippen LogP contribution in [0.25, 0.3) is 6.08 Å². The quantitative estimate of drug-likeness (QED) is 0.585. The molecule has 0 aliphatic heterocycles. The second kappa shape index (κ2) is 7.33. The summed E-state index contributed by atoms with van der Waals surface area (Å²) in [5.41, 5.74) is 1.49. The number of allylic oxidation sites excluding steroid dienone is 1. The summed E-state index contributed by atoms with van der Waals surface area (Å²) < 4.78 is 16.0. The molecule has 1 heterocycles. The van der Waals surface area contributed by atoms with Gasteiger partial charge in [-0.2, -0.15) is 0 Å². The maximum absolute atomic E-state index is 12.4. The summed E-state index contributed by atoms with van der Waals surface area (Å²) in [5, 5.41) is 0. The Morgan fingerprint density at radius 2 is 1.74 bits per heavy atom. The highest BCUT2D eigenvalue weighted by Crippen LogP contribution is 2.40. The number of methoxy groups -OCH3 is 3. The maximum atomic E-state index is 12.4. The molecule has 5 heteroatoms. The van der Waals surface area contributed by atoms with Crippen molar-refractivity contribution >= 4 is 23.2 Å². The minimum Gasteiger partial charge on any atom is -0.493 e. The Labute approximate surface area is 140 Å². The Morgan fingerprint density at radius 1 is 1.04 bits per heavy atom. The van der Waals surface area contributed by atoms with Gasteiger partial charge in [-0.25, -0.2) is 0 Å². The lowest BCUT2D eigenvalue weighted by molar-refractivity contribution is 0.104. The van der Waals surface area contributed by atoms with E-state index in [9.17, 15) is 4.79 Å². The standard InChI is InChI=1S/C18H20O4S/c1-11-10-14(12(2)23-11)15(19)8-6-13-7-9-16(20-3)18(22-5)17(13)21-4/h6-10H,1-5H3. The molecule has 2 aromatic rings. The highest BCUT2D eigenvalue weighted by Gasteiger charge is 2.15. The summed E-state index contributed by atoms with van der Waals surface area (Å²) in [5.74, 6) is 1.60. The number of thiophene rings is 1. The van der Waals surface area contributed by atoms with Crippen molar-refractivity contribution < 1.29 is 19.0 Å². The Bertz CT molecular complexity index is 744. The molecule has 0 bridgehead atoms. The van der Waals surface area contributed by atoms with Crippen LogP contribution in [0.15, 0.2) is 24.3 Å². The lowest BCUT2D eigenvalue weighted by atomic mass is 10.1. The van der Waals surface area contributed by atoms with Crippen molar-refractivity contribution in [3.63, 3.8) is 0 Å². The van der Waals surface area contributed by atoms with Gasteiger partial charge < -0.3 is 14.2 Å². The Hall–Kier alpha value is -2.27. The van der Waals surface area contributed by atoms with Gasteiger partial charge in [-0.15, -0.1) is 11.3 Å². The number of benzene rings is 1. The van der Waals surface area contributed by atoms with Crippen molar-refractivity contribution in [2.75, 3.05) is 21.3 Å². The maximum Gasteiger partial charge on any atom is 0.203 e. The molecule has 2 rings (SSSR count). The molecule has 0 aliphatic carbocycles. The van der Waals surface area contributed by atoms with Crippen molar-refractivity contribution in [2.24, 2.45) is 0 Å². The molecular formula is C18H20O4S. The van der Waals surface area contributed by atoms with Gasteiger partial charge in [-0.05, 0) is 44.2 Å². The first-order valence-corrected chi connectivity index (χ1v) is 7.91. The minimum absolute atomic E-state index is 0.0244. The molecular weight excluding hydrogens is 312 g/mol. The summed E-state index contributed by atoms with van der Waals surface area (Å²) in [6, 6.07) is 5.53. The van der Waals surface area contributed by atoms with Crippen LogP contribution < -0.4 is 14.2 Å². The molecule has 0 atom stereocenters. The highest BCUT2D eigenvalue weighted by molar-refractivity contribution is 7.12. The number of carbonyl (C=O) groups is 1. The summed E-state index contributed by atoms with van der Waals surface area (Å²) in [6.45, 7) is 3.95. The number of hydrogen-bond acceptors (Lipinski definition) is 5. The topological polar surface area (TPSA) is 44.8 Å². The van der Waals surface area contributed by atoms with E-state index in [1.165, 1.54) is 0 Å². The molecule has 23 heavy (non-hydrogen) atoms. The van der Waals surface area contributed by atoms with Crippen LogP contribution in [0.5, 0.6) is 17.2 Å². The first kappa shape index (κ1) is 17.1. The van der Waals surface area contributed by atoms with Gasteiger partial charge >= 0.3 is 0 Å². The molecule has 0 N–H and O–H groups in total. The van der Waals surface area contributed by atoms with Crippen molar-refractivity contribution in [3.05, 3.63) is 45.2 Å². The molecule has 0 radical (unpaired) electrons. The molecule has 0 saturated carbocycles. The van der Waals surface area contributed by atoms with Gasteiger partial charge in [0, 0.05) is 20.9 Å². The lowest BCUT2D eigenvalue weighted by Gasteiger charge is -2.13. The number of rotatable bonds is 6. The fraction of sp³-hybridized carbons (Fsp3) is 0.278. The van der Waals surface area contributed by atoms with Crippen LogP contribution in [0.2, 0.25) is 0 Å². The number of carbonyl (C=O) groups excluding carboxylic acids is 1. The van der Waals surface area contributed by atoms with Crippen LogP contribution in [0.3, 0.4) is 0 Å². The smallest absolute Gasteiger partial charge is 0.203 e. The molecule has 0 spiro atoms. The Balaban J connectivity index is 2.36. The average Bonchev–Trinajstić information content (AvgIpc) is 2.89. The van der Waals surface area contributed by atoms with Crippen LogP contribution in [-0.2, 0) is 0 Å². The predicted molar refractivity (Wildman–Crippen MR) is 93.3 cm³/mol. The largest absolute Gasteiger partial charge is 0.493 e. The highest BCUT2D eigenvalue weighted by atomic mass is 32.1. The summed E-state index contributed by atoms with van der Waals surface area (Å²) in [4.78, 5) is 14.5. The molecule has 4 nitrogen and oxygen atoms in total. The molecule has 0 unspecified atom stereocenters. The fourth-order valence-electron chi connectivity index (χ4n) is 2.39. The molecule has 122 valence electrons. The molecule has 0 aliphatic rings. The van der Waals surface area contributed by atoms with E-state index in [0.29, 0.717) is 17.2 Å². The zero-order valence-corrected chi connectivity index (χ0v) is 14.7. The third-order valence-electron chi connectivity index (χ3n) is 3.46. The van der Waals surface area contributed by atoms with Crippen LogP contribution in [0, 0.1) is 13.8 Å². The van der Waals surface area contributed by atoms with Crippen LogP contribution in [0.1, 0.15) is 25.7 Å². The van der Waals surface area contributed by atoms with Gasteiger partial charge in [0.15, 0.2) is 17.3 Å². The SMILES string of the molecule is COc1ccc(C=CC(=O)c2cc(C)sc2C)c(OC)c1OC. The molecule has 1 aromatic carbocycles. The Kier molecular flexibility index (Phi) is 5.45. The lowest BCUT2D eigenvalue weighted by Crippen LogP contribution is -1.97. The average molecular weight is 332 g/mol. The molecule has 1 aromatic heterocycles. The van der Waals surface area contributed by atoms with E-state index in [-0.39, 0.29) is 5.78 Å². The number of hydrogen-bond donors (Lipinski definition) is 0. The summed E-state index contributed by atoms with van der Waals surface area (Å²) >= 11 is 1.62. The predicted octanol–water partition coefficient (Wildman–Crippen LogP) is 4.29. The van der Waals surface area contributed by atoms with Crippen molar-refractivity contribution in [3.8, 4) is 17.2 Å². The second-order valence-corrected chi connectivity index (χ2v) is 6.41. The van der Waals surface area contributed by atoms with Gasteiger partial charge in [-0.1, -0.05) is 0 Å². The van der Waals surface area contributed by atoms with Crippen LogP contribution in [-0.4, -0.2) is 27.1 Å². The zero-order chi connectivity index (χ0) is 17.0. The summed E-state index contributed by atoms with van der Waals surface area (Å²) in [7, 11) is 4.68. The van der Waals surface area contributed by atoms with Crippen molar-refractivity contribution in [1.29, 1.82) is 0 Å². The van der Waals surface area contributed by atoms with Gasteiger partial charge in [-0.3, -0.25) is 4.79 Å². The third-order valence-corrected chi connectivity index (χ3v) is 4.42. The number of ether oxygens (including phenoxy) is 3. The fourth-order valence-corrected chi connectivity index (χ4v) is 3.32. The normalized spacial score (nSPS) is 10.8. The molecule has 0 fully saturated rings. The first-order valence-electron chi connectivity index (χ1n) is 7.10. The third kappa shape index (κ3) is 3.56. The minimum atomic E-state index is -0.0244. The second-order valence-electron chi connectivity index (χ2n) is 4.95. The van der Waals surface area contributed by atoms with Crippen LogP contribution >= 0.6 is 11.3 Å². The molecule has 0 saturated heterocycles. The first-order chi connectivity index (χ1) is 11.0. The van der Waals surface area contributed by atoms with Gasteiger partial charge in [0.05, 0.1) is 21.3 Å². The van der Waals surface area contributed by atoms with E-state index in [1.807, 2.05) is 26.0 Å². The van der Waals surface area contributed by atoms with E-state index in [4.69, 9.17) is 14.2 Å². The van der Waals surface area contributed by atoms with E-state index >= 15 is 0 Å². The van der Waals surface area contributed by atoms with Gasteiger partial charge in [0.25, 0.3) is 0 Å². The van der Waals surface area contributed by atoms with Crippen molar-refractivity contribution in [1.82, 2.24) is 0 Å². The van der Waals surface area contributed by atoms with E-state index in [1.54, 1.807) is 50.9 Å². The van der Waals surface area contributed by atoms with Gasteiger partial charge in [0.1, 0.15) is 0 Å². The molecule has 0 amide bonds. The monoisotopic (exact) mass is 332 g/mol.